The fourth-order valence-corrected chi connectivity index (χ4v) is 0.985. The molecular weight excluding hydrogens is 268 g/mol. The van der Waals surface area contributed by atoms with Gasteiger partial charge in [0.15, 0.2) is 0 Å². The van der Waals surface area contributed by atoms with Crippen LogP contribution in [0.5, 0.6) is 0 Å². The van der Waals surface area contributed by atoms with E-state index in [0.717, 1.165) is 17.6 Å². The van der Waals surface area contributed by atoms with Crippen LogP contribution in [0.3, 0.4) is 0 Å². The maximum absolute atomic E-state index is 7.50. The SMILES string of the molecule is [C-]#[O+].[C-]#[O+].[C-]#[O+].[C-]#[O+].[C-]#[O+].[Cr]=[C]1CCCCO1. The van der Waals surface area contributed by atoms with E-state index in [0.29, 0.717) is 0 Å². The molecule has 0 spiro atoms. The standard InChI is InChI=1S/C5H8O.5CO.Cr/c1-2-4-6-5-3-1;5*1-2;/h1-4H2;;;;;;. The Bertz CT molecular complexity index is 195. The van der Waals surface area contributed by atoms with Crippen LogP contribution in [-0.2, 0) is 43.8 Å². The molecule has 90 valence electrons. The first-order chi connectivity index (χ1) is 8.39. The molecule has 0 atom stereocenters. The summed E-state index contributed by atoms with van der Waals surface area (Å²) >= 11 is 2.87. The van der Waals surface area contributed by atoms with Crippen molar-refractivity contribution in [3.8, 4) is 0 Å². The van der Waals surface area contributed by atoms with Crippen LogP contribution in [0.2, 0.25) is 0 Å². The average molecular weight is 276 g/mol. The third-order valence-electron chi connectivity index (χ3n) is 1.04. The van der Waals surface area contributed by atoms with E-state index in [9.17, 15) is 0 Å². The molecule has 0 aromatic heterocycles. The molecule has 0 amide bonds. The summed E-state index contributed by atoms with van der Waals surface area (Å²) in [6.45, 7) is 23.4. The fourth-order valence-electron chi connectivity index (χ4n) is 0.630. The average Bonchev–Trinajstić information content (AvgIpc) is 2.50. The van der Waals surface area contributed by atoms with Gasteiger partial charge in [0.05, 0.1) is 0 Å². The molecule has 1 heterocycles. The van der Waals surface area contributed by atoms with E-state index < -0.39 is 0 Å². The van der Waals surface area contributed by atoms with Gasteiger partial charge in [0.25, 0.3) is 0 Å². The Kier molecular flexibility index (Phi) is 105. The summed E-state index contributed by atoms with van der Waals surface area (Å²) in [6.07, 6.45) is 3.65. The number of hydrogen-bond donors (Lipinski definition) is 0. The molecule has 1 saturated heterocycles. The molecule has 1 fully saturated rings. The number of rotatable bonds is 0. The van der Waals surface area contributed by atoms with Gasteiger partial charge in [-0.1, -0.05) is 0 Å². The minimum absolute atomic E-state index is 0.919. The fraction of sp³-hybridized carbons (Fsp3) is 0.400. The molecule has 17 heavy (non-hydrogen) atoms. The summed E-state index contributed by atoms with van der Waals surface area (Å²) < 4.78 is 43.7. The van der Waals surface area contributed by atoms with Crippen LogP contribution < -0.4 is 0 Å². The second-order valence-corrected chi connectivity index (χ2v) is 2.39. The summed E-state index contributed by atoms with van der Waals surface area (Å²) in [7, 11) is 0. The second-order valence-electron chi connectivity index (χ2n) is 1.68. The van der Waals surface area contributed by atoms with Crippen LogP contribution in [0.1, 0.15) is 19.3 Å². The normalized spacial score (nSPS) is 9.88. The van der Waals surface area contributed by atoms with Gasteiger partial charge in [-0.3, -0.25) is 0 Å². The molecule has 0 aromatic carbocycles. The van der Waals surface area contributed by atoms with Gasteiger partial charge in [-0.15, -0.1) is 0 Å². The zero-order chi connectivity index (χ0) is 15.1. The van der Waals surface area contributed by atoms with Gasteiger partial charge in [0, 0.05) is 0 Å². The van der Waals surface area contributed by atoms with Gasteiger partial charge in [-0.05, 0) is 0 Å². The van der Waals surface area contributed by atoms with Crippen molar-refractivity contribution in [3.05, 3.63) is 33.3 Å². The molecule has 0 bridgehead atoms. The van der Waals surface area contributed by atoms with Crippen molar-refractivity contribution < 1.29 is 43.8 Å². The van der Waals surface area contributed by atoms with Crippen LogP contribution >= 0.6 is 0 Å². The molecule has 0 unspecified atom stereocenters. The Hall–Kier alpha value is -0.938. The van der Waals surface area contributed by atoms with E-state index in [1.54, 1.807) is 0 Å². The first-order valence-corrected chi connectivity index (χ1v) is 4.21. The Morgan fingerprint density at radius 2 is 1.12 bits per heavy atom. The summed E-state index contributed by atoms with van der Waals surface area (Å²) in [6, 6.07) is 0. The van der Waals surface area contributed by atoms with Crippen LogP contribution in [0, 0.1) is 33.3 Å². The predicted octanol–water partition coefficient (Wildman–Crippen LogP) is 0.676. The van der Waals surface area contributed by atoms with Crippen molar-refractivity contribution in [2.24, 2.45) is 0 Å². The molecule has 7 heteroatoms. The molecule has 1 aliphatic rings. The van der Waals surface area contributed by atoms with Gasteiger partial charge in [-0.25, -0.2) is 0 Å². The van der Waals surface area contributed by atoms with Crippen molar-refractivity contribution in [1.82, 2.24) is 0 Å². The van der Waals surface area contributed by atoms with Gasteiger partial charge in [0.2, 0.25) is 0 Å². The molecule has 0 saturated carbocycles. The molecule has 1 rings (SSSR count). The van der Waals surface area contributed by atoms with Gasteiger partial charge in [-0.2, -0.15) is 0 Å². The molecular formula is C10H8CrO6. The zero-order valence-corrected chi connectivity index (χ0v) is 9.96. The molecule has 0 aromatic rings. The van der Waals surface area contributed by atoms with Crippen molar-refractivity contribution >= 4 is 4.57 Å². The van der Waals surface area contributed by atoms with E-state index in [2.05, 4.69) is 49.1 Å². The Morgan fingerprint density at radius 3 is 1.24 bits per heavy atom. The third-order valence-corrected chi connectivity index (χ3v) is 1.54. The number of ether oxygens (including phenoxy) is 1. The van der Waals surface area contributed by atoms with E-state index in [-0.39, 0.29) is 0 Å². The van der Waals surface area contributed by atoms with Crippen LogP contribution in [0.4, 0.5) is 0 Å². The summed E-state index contributed by atoms with van der Waals surface area (Å²) in [4.78, 5) is 0. The van der Waals surface area contributed by atoms with Crippen molar-refractivity contribution in [3.63, 3.8) is 0 Å². The first kappa shape index (κ1) is 29.8. The quantitative estimate of drug-likeness (QED) is 0.470. The van der Waals surface area contributed by atoms with E-state index >= 15 is 0 Å². The van der Waals surface area contributed by atoms with E-state index in [4.69, 9.17) is 28.0 Å². The summed E-state index contributed by atoms with van der Waals surface area (Å²) in [5, 5.41) is 0. The first-order valence-electron chi connectivity index (χ1n) is 3.57. The Balaban J connectivity index is -0.0000000413. The van der Waals surface area contributed by atoms with Crippen molar-refractivity contribution in [2.45, 2.75) is 19.3 Å². The molecule has 0 aliphatic carbocycles. The maximum atomic E-state index is 7.50. The van der Waals surface area contributed by atoms with Crippen LogP contribution in [0.15, 0.2) is 0 Å². The Labute approximate surface area is 108 Å². The number of hydrogen-bond acceptors (Lipinski definition) is 1. The summed E-state index contributed by atoms with van der Waals surface area (Å²) in [5.41, 5.74) is 0. The summed E-state index contributed by atoms with van der Waals surface area (Å²) in [5.74, 6) is 0. The molecule has 0 radical (unpaired) electrons. The molecule has 0 N–H and O–H groups in total. The van der Waals surface area contributed by atoms with E-state index in [1.165, 1.54) is 12.8 Å². The van der Waals surface area contributed by atoms with Crippen LogP contribution in [-0.4, -0.2) is 11.2 Å². The van der Waals surface area contributed by atoms with Gasteiger partial charge < -0.3 is 0 Å². The van der Waals surface area contributed by atoms with Crippen molar-refractivity contribution in [1.29, 1.82) is 0 Å². The van der Waals surface area contributed by atoms with Crippen LogP contribution in [0.25, 0.3) is 0 Å². The topological polar surface area (TPSA) is 109 Å². The minimum atomic E-state index is 0.919. The molecule has 1 aliphatic heterocycles. The monoisotopic (exact) mass is 276 g/mol. The third kappa shape index (κ3) is 51.5. The zero-order valence-electron chi connectivity index (χ0n) is 8.69. The predicted molar refractivity (Wildman–Crippen MR) is 44.5 cm³/mol. The van der Waals surface area contributed by atoms with Crippen molar-refractivity contribution in [2.75, 3.05) is 6.61 Å². The molecule has 6 nitrogen and oxygen atoms in total. The second kappa shape index (κ2) is 59.7. The van der Waals surface area contributed by atoms with Gasteiger partial charge >= 0.3 is 108 Å². The van der Waals surface area contributed by atoms with Gasteiger partial charge in [0.1, 0.15) is 0 Å². The Morgan fingerprint density at radius 1 is 0.765 bits per heavy atom. The van der Waals surface area contributed by atoms with E-state index in [1.807, 2.05) is 0 Å².